The maximum absolute atomic E-state index is 3.59. The topological polar surface area (TPSA) is 15.3 Å². The number of hydrogen-bond acceptors (Lipinski definition) is 2. The molecule has 18 heavy (non-hydrogen) atoms. The number of nitrogens with one attached hydrogen (secondary N) is 1. The summed E-state index contributed by atoms with van der Waals surface area (Å²) in [5.41, 5.74) is 2.78. The highest BCUT2D eigenvalue weighted by molar-refractivity contribution is 5.26. The zero-order valence-electron chi connectivity index (χ0n) is 12.7. The minimum Gasteiger partial charge on any atom is -0.309 e. The molecule has 2 heteroatoms. The van der Waals surface area contributed by atoms with Crippen molar-refractivity contribution < 1.29 is 0 Å². The molecular weight excluding hydrogens is 220 g/mol. The Morgan fingerprint density at radius 3 is 1.89 bits per heavy atom. The summed E-state index contributed by atoms with van der Waals surface area (Å²) in [5.74, 6) is 0.607. The van der Waals surface area contributed by atoms with Gasteiger partial charge in [0, 0.05) is 18.6 Å². The van der Waals surface area contributed by atoms with Gasteiger partial charge in [0.25, 0.3) is 0 Å². The van der Waals surface area contributed by atoms with Gasteiger partial charge in [-0.25, -0.2) is 0 Å². The third-order valence-electron chi connectivity index (χ3n) is 3.70. The van der Waals surface area contributed by atoms with Gasteiger partial charge in [-0.15, -0.1) is 0 Å². The van der Waals surface area contributed by atoms with Crippen LogP contribution < -0.4 is 5.32 Å². The lowest BCUT2D eigenvalue weighted by atomic mass is 9.99. The van der Waals surface area contributed by atoms with Crippen molar-refractivity contribution in [3.63, 3.8) is 0 Å². The van der Waals surface area contributed by atoms with E-state index in [-0.39, 0.29) is 0 Å². The van der Waals surface area contributed by atoms with Crippen LogP contribution in [-0.2, 0) is 0 Å². The normalized spacial score (nSPS) is 15.1. The Balaban J connectivity index is 2.54. The largest absolute Gasteiger partial charge is 0.309 e. The molecule has 2 unspecified atom stereocenters. The minimum absolute atomic E-state index is 0.411. The van der Waals surface area contributed by atoms with Crippen LogP contribution in [-0.4, -0.2) is 31.6 Å². The van der Waals surface area contributed by atoms with Crippen LogP contribution in [0.15, 0.2) is 24.3 Å². The Hall–Kier alpha value is -0.860. The summed E-state index contributed by atoms with van der Waals surface area (Å²) in [4.78, 5) is 2.24. The molecule has 1 rings (SSSR count). The van der Waals surface area contributed by atoms with Crippen LogP contribution >= 0.6 is 0 Å². The van der Waals surface area contributed by atoms with Gasteiger partial charge in [0.05, 0.1) is 0 Å². The van der Waals surface area contributed by atoms with E-state index >= 15 is 0 Å². The van der Waals surface area contributed by atoms with Crippen LogP contribution in [0.25, 0.3) is 0 Å². The molecule has 0 spiro atoms. The SMILES string of the molecule is CC(C)c1ccc(C(C)NCC(C)N(C)C)cc1. The van der Waals surface area contributed by atoms with Gasteiger partial charge in [0.1, 0.15) is 0 Å². The van der Waals surface area contributed by atoms with Crippen molar-refractivity contribution in [3.05, 3.63) is 35.4 Å². The van der Waals surface area contributed by atoms with Gasteiger partial charge in [-0.1, -0.05) is 38.1 Å². The van der Waals surface area contributed by atoms with Crippen molar-refractivity contribution in [2.45, 2.75) is 45.7 Å². The Kier molecular flexibility index (Phi) is 5.83. The number of hydrogen-bond donors (Lipinski definition) is 1. The Bertz CT molecular complexity index is 341. The monoisotopic (exact) mass is 248 g/mol. The molecular formula is C16H28N2. The van der Waals surface area contributed by atoms with Gasteiger partial charge in [-0.3, -0.25) is 0 Å². The summed E-state index contributed by atoms with van der Waals surface area (Å²) in [6.07, 6.45) is 0. The summed E-state index contributed by atoms with van der Waals surface area (Å²) in [6.45, 7) is 9.94. The second-order valence-electron chi connectivity index (χ2n) is 5.76. The molecule has 0 heterocycles. The van der Waals surface area contributed by atoms with Crippen LogP contribution in [0.5, 0.6) is 0 Å². The van der Waals surface area contributed by atoms with Gasteiger partial charge in [-0.05, 0) is 45.0 Å². The fourth-order valence-corrected chi connectivity index (χ4v) is 1.82. The fraction of sp³-hybridized carbons (Fsp3) is 0.625. The summed E-state index contributed by atoms with van der Waals surface area (Å²) >= 11 is 0. The van der Waals surface area contributed by atoms with Crippen molar-refractivity contribution in [3.8, 4) is 0 Å². The third kappa shape index (κ3) is 4.43. The first kappa shape index (κ1) is 15.2. The molecule has 0 radical (unpaired) electrons. The number of likely N-dealkylation sites (N-methyl/N-ethyl adjacent to an activating group) is 1. The van der Waals surface area contributed by atoms with Crippen LogP contribution in [0.4, 0.5) is 0 Å². The molecule has 0 amide bonds. The molecule has 0 aromatic heterocycles. The van der Waals surface area contributed by atoms with E-state index in [0.29, 0.717) is 18.0 Å². The molecule has 0 saturated heterocycles. The molecule has 1 aromatic rings. The number of benzene rings is 1. The standard InChI is InChI=1S/C16H28N2/c1-12(2)15-7-9-16(10-8-15)14(4)17-11-13(3)18(5)6/h7-10,12-14,17H,11H2,1-6H3. The number of rotatable bonds is 6. The minimum atomic E-state index is 0.411. The zero-order valence-corrected chi connectivity index (χ0v) is 12.7. The summed E-state index contributed by atoms with van der Waals surface area (Å²) in [6, 6.07) is 9.94. The third-order valence-corrected chi connectivity index (χ3v) is 3.70. The Morgan fingerprint density at radius 1 is 0.944 bits per heavy atom. The van der Waals surface area contributed by atoms with E-state index in [1.165, 1.54) is 11.1 Å². The molecule has 0 bridgehead atoms. The maximum Gasteiger partial charge on any atom is 0.0292 e. The van der Waals surface area contributed by atoms with Crippen molar-refractivity contribution in [2.24, 2.45) is 0 Å². The Labute approximate surface area is 112 Å². The molecule has 0 aliphatic heterocycles. The molecule has 102 valence electrons. The molecule has 1 N–H and O–H groups in total. The number of nitrogens with zero attached hydrogens (tertiary/aromatic N) is 1. The van der Waals surface area contributed by atoms with E-state index in [9.17, 15) is 0 Å². The fourth-order valence-electron chi connectivity index (χ4n) is 1.82. The van der Waals surface area contributed by atoms with Crippen molar-refractivity contribution in [1.82, 2.24) is 10.2 Å². The van der Waals surface area contributed by atoms with E-state index in [4.69, 9.17) is 0 Å². The molecule has 2 atom stereocenters. The molecule has 0 aliphatic carbocycles. The lowest BCUT2D eigenvalue weighted by Gasteiger charge is -2.23. The molecule has 1 aromatic carbocycles. The summed E-state index contributed by atoms with van der Waals surface area (Å²) in [7, 11) is 4.24. The summed E-state index contributed by atoms with van der Waals surface area (Å²) in [5, 5.41) is 3.59. The van der Waals surface area contributed by atoms with Crippen LogP contribution in [0, 0.1) is 0 Å². The van der Waals surface area contributed by atoms with Gasteiger partial charge in [0.2, 0.25) is 0 Å². The first-order chi connectivity index (χ1) is 8.41. The Morgan fingerprint density at radius 2 is 1.44 bits per heavy atom. The van der Waals surface area contributed by atoms with Gasteiger partial charge >= 0.3 is 0 Å². The predicted octanol–water partition coefficient (Wildman–Crippen LogP) is 3.41. The molecule has 0 fully saturated rings. The first-order valence-corrected chi connectivity index (χ1v) is 6.91. The average Bonchev–Trinajstić information content (AvgIpc) is 2.35. The average molecular weight is 248 g/mol. The van der Waals surface area contributed by atoms with Crippen LogP contribution in [0.1, 0.15) is 50.8 Å². The van der Waals surface area contributed by atoms with E-state index in [2.05, 4.69) is 76.3 Å². The van der Waals surface area contributed by atoms with E-state index in [1.54, 1.807) is 0 Å². The second kappa shape index (κ2) is 6.91. The van der Waals surface area contributed by atoms with E-state index in [1.807, 2.05) is 0 Å². The highest BCUT2D eigenvalue weighted by Gasteiger charge is 2.09. The highest BCUT2D eigenvalue weighted by Crippen LogP contribution is 2.18. The summed E-state index contributed by atoms with van der Waals surface area (Å²) < 4.78 is 0. The van der Waals surface area contributed by atoms with Gasteiger partial charge in [-0.2, -0.15) is 0 Å². The lowest BCUT2D eigenvalue weighted by molar-refractivity contribution is 0.295. The van der Waals surface area contributed by atoms with Crippen LogP contribution in [0.2, 0.25) is 0 Å². The smallest absolute Gasteiger partial charge is 0.0292 e. The first-order valence-electron chi connectivity index (χ1n) is 6.91. The molecule has 0 aliphatic rings. The van der Waals surface area contributed by atoms with E-state index in [0.717, 1.165) is 6.54 Å². The van der Waals surface area contributed by atoms with E-state index < -0.39 is 0 Å². The van der Waals surface area contributed by atoms with Crippen molar-refractivity contribution in [1.29, 1.82) is 0 Å². The maximum atomic E-state index is 3.59. The zero-order chi connectivity index (χ0) is 13.7. The lowest BCUT2D eigenvalue weighted by Crippen LogP contribution is -2.36. The molecule has 0 saturated carbocycles. The second-order valence-corrected chi connectivity index (χ2v) is 5.76. The highest BCUT2D eigenvalue weighted by atomic mass is 15.1. The van der Waals surface area contributed by atoms with Gasteiger partial charge in [0.15, 0.2) is 0 Å². The van der Waals surface area contributed by atoms with Gasteiger partial charge < -0.3 is 10.2 Å². The van der Waals surface area contributed by atoms with Crippen molar-refractivity contribution in [2.75, 3.05) is 20.6 Å². The van der Waals surface area contributed by atoms with Crippen molar-refractivity contribution >= 4 is 0 Å². The predicted molar refractivity (Wildman–Crippen MR) is 80.1 cm³/mol. The van der Waals surface area contributed by atoms with Crippen LogP contribution in [0.3, 0.4) is 0 Å². The quantitative estimate of drug-likeness (QED) is 0.830. The molecule has 2 nitrogen and oxygen atoms in total.